The maximum absolute atomic E-state index is 11.7. The first kappa shape index (κ1) is 10.4. The van der Waals surface area contributed by atoms with Crippen LogP contribution in [0, 0.1) is 0 Å². The van der Waals surface area contributed by atoms with Gasteiger partial charge in [-0.15, -0.1) is 0 Å². The minimum atomic E-state index is 0.0291. The third-order valence-corrected chi connectivity index (χ3v) is 2.77. The Balaban J connectivity index is 1.76. The maximum atomic E-state index is 11.7. The van der Waals surface area contributed by atoms with Gasteiger partial charge in [0.1, 0.15) is 0 Å². The van der Waals surface area contributed by atoms with Crippen molar-refractivity contribution in [1.82, 2.24) is 5.32 Å². The summed E-state index contributed by atoms with van der Waals surface area (Å²) in [6.45, 7) is 1.48. The summed E-state index contributed by atoms with van der Waals surface area (Å²) in [4.78, 5) is 11.7. The van der Waals surface area contributed by atoms with Gasteiger partial charge in [0.25, 0.3) is 5.91 Å². The Kier molecular flexibility index (Phi) is 3.56. The highest BCUT2D eigenvalue weighted by Gasteiger charge is 2.16. The topological polar surface area (TPSA) is 38.3 Å². The average Bonchev–Trinajstić information content (AvgIpc) is 2.80. The van der Waals surface area contributed by atoms with Crippen LogP contribution < -0.4 is 5.32 Å². The monoisotopic (exact) mass is 207 g/mol. The van der Waals surface area contributed by atoms with Gasteiger partial charge in [-0.1, -0.05) is 18.2 Å². The van der Waals surface area contributed by atoms with Gasteiger partial charge in [-0.25, -0.2) is 0 Å². The Morgan fingerprint density at radius 2 is 2.47 bits per heavy atom. The van der Waals surface area contributed by atoms with E-state index >= 15 is 0 Å². The quantitative estimate of drug-likeness (QED) is 0.762. The second kappa shape index (κ2) is 5.12. The minimum Gasteiger partial charge on any atom is -0.376 e. The van der Waals surface area contributed by atoms with Gasteiger partial charge in [0.2, 0.25) is 0 Å². The molecular weight excluding hydrogens is 190 g/mol. The highest BCUT2D eigenvalue weighted by Crippen LogP contribution is 2.12. The Hall–Kier alpha value is -1.09. The third kappa shape index (κ3) is 2.93. The minimum absolute atomic E-state index is 0.0291. The Labute approximate surface area is 90.2 Å². The Morgan fingerprint density at radius 3 is 3.13 bits per heavy atom. The molecule has 1 atom stereocenters. The molecule has 2 aliphatic rings. The van der Waals surface area contributed by atoms with Crippen molar-refractivity contribution in [3.63, 3.8) is 0 Å². The first-order valence-electron chi connectivity index (χ1n) is 5.63. The van der Waals surface area contributed by atoms with Crippen molar-refractivity contribution in [3.8, 4) is 0 Å². The SMILES string of the molecule is O=C(NCC1CCCO1)C1=CCCC=C1. The van der Waals surface area contributed by atoms with Gasteiger partial charge in [-0.2, -0.15) is 0 Å². The molecule has 82 valence electrons. The predicted octanol–water partition coefficient (Wildman–Crippen LogP) is 1.56. The first-order valence-corrected chi connectivity index (χ1v) is 5.63. The first-order chi connectivity index (χ1) is 7.36. The smallest absolute Gasteiger partial charge is 0.251 e. The maximum Gasteiger partial charge on any atom is 0.251 e. The summed E-state index contributed by atoms with van der Waals surface area (Å²) in [7, 11) is 0. The summed E-state index contributed by atoms with van der Waals surface area (Å²) < 4.78 is 5.44. The van der Waals surface area contributed by atoms with E-state index in [-0.39, 0.29) is 12.0 Å². The van der Waals surface area contributed by atoms with Gasteiger partial charge in [0, 0.05) is 18.7 Å². The molecule has 0 bridgehead atoms. The van der Waals surface area contributed by atoms with Crippen LogP contribution in [0.2, 0.25) is 0 Å². The van der Waals surface area contributed by atoms with E-state index < -0.39 is 0 Å². The number of hydrogen-bond donors (Lipinski definition) is 1. The number of ether oxygens (including phenoxy) is 1. The van der Waals surface area contributed by atoms with E-state index in [1.807, 2.05) is 18.2 Å². The van der Waals surface area contributed by atoms with Gasteiger partial charge < -0.3 is 10.1 Å². The van der Waals surface area contributed by atoms with Crippen LogP contribution in [0.4, 0.5) is 0 Å². The number of carbonyl (C=O) groups excluding carboxylic acids is 1. The molecule has 0 saturated carbocycles. The van der Waals surface area contributed by atoms with E-state index in [4.69, 9.17) is 4.74 Å². The summed E-state index contributed by atoms with van der Waals surface area (Å²) in [5.74, 6) is 0.0291. The molecular formula is C12H17NO2. The average molecular weight is 207 g/mol. The van der Waals surface area contributed by atoms with E-state index in [1.165, 1.54) is 0 Å². The number of allylic oxidation sites excluding steroid dienone is 2. The highest BCUT2D eigenvalue weighted by molar-refractivity contribution is 5.96. The number of rotatable bonds is 3. The van der Waals surface area contributed by atoms with Crippen LogP contribution in [0.25, 0.3) is 0 Å². The fourth-order valence-corrected chi connectivity index (χ4v) is 1.90. The predicted molar refractivity (Wildman–Crippen MR) is 58.4 cm³/mol. The van der Waals surface area contributed by atoms with Crippen LogP contribution >= 0.6 is 0 Å². The molecule has 15 heavy (non-hydrogen) atoms. The molecule has 1 heterocycles. The van der Waals surface area contributed by atoms with Crippen LogP contribution in [-0.2, 0) is 9.53 Å². The van der Waals surface area contributed by atoms with E-state index in [9.17, 15) is 4.79 Å². The van der Waals surface area contributed by atoms with Crippen LogP contribution in [0.15, 0.2) is 23.8 Å². The van der Waals surface area contributed by atoms with Crippen molar-refractivity contribution in [2.24, 2.45) is 0 Å². The van der Waals surface area contributed by atoms with Gasteiger partial charge in [-0.05, 0) is 25.7 Å². The van der Waals surface area contributed by atoms with Crippen LogP contribution in [0.5, 0.6) is 0 Å². The van der Waals surface area contributed by atoms with E-state index in [2.05, 4.69) is 5.32 Å². The standard InChI is InChI=1S/C12H17NO2/c14-12(10-5-2-1-3-6-10)13-9-11-7-4-8-15-11/h2,5-6,11H,1,3-4,7-9H2,(H,13,14). The molecule has 1 N–H and O–H groups in total. The molecule has 1 unspecified atom stereocenters. The summed E-state index contributed by atoms with van der Waals surface area (Å²) in [5, 5.41) is 2.91. The van der Waals surface area contributed by atoms with Crippen molar-refractivity contribution < 1.29 is 9.53 Å². The fourth-order valence-electron chi connectivity index (χ4n) is 1.90. The lowest BCUT2D eigenvalue weighted by Gasteiger charge is -2.12. The van der Waals surface area contributed by atoms with E-state index in [0.29, 0.717) is 6.54 Å². The lowest BCUT2D eigenvalue weighted by Crippen LogP contribution is -2.32. The van der Waals surface area contributed by atoms with Crippen molar-refractivity contribution in [2.45, 2.75) is 31.8 Å². The zero-order valence-corrected chi connectivity index (χ0v) is 8.87. The van der Waals surface area contributed by atoms with Crippen LogP contribution in [0.3, 0.4) is 0 Å². The van der Waals surface area contributed by atoms with E-state index in [0.717, 1.165) is 37.9 Å². The second-order valence-electron chi connectivity index (χ2n) is 3.98. The number of nitrogens with one attached hydrogen (secondary N) is 1. The third-order valence-electron chi connectivity index (χ3n) is 2.77. The lowest BCUT2D eigenvalue weighted by atomic mass is 10.1. The van der Waals surface area contributed by atoms with Crippen LogP contribution in [0.1, 0.15) is 25.7 Å². The molecule has 1 saturated heterocycles. The molecule has 1 amide bonds. The molecule has 2 rings (SSSR count). The summed E-state index contributed by atoms with van der Waals surface area (Å²) in [6, 6.07) is 0. The largest absolute Gasteiger partial charge is 0.376 e. The molecule has 0 aromatic rings. The van der Waals surface area contributed by atoms with Crippen molar-refractivity contribution in [3.05, 3.63) is 23.8 Å². The summed E-state index contributed by atoms with van der Waals surface area (Å²) in [6.07, 6.45) is 10.3. The normalized spacial score (nSPS) is 25.1. The zero-order chi connectivity index (χ0) is 10.5. The molecule has 0 radical (unpaired) electrons. The van der Waals surface area contributed by atoms with Crippen molar-refractivity contribution in [2.75, 3.05) is 13.2 Å². The van der Waals surface area contributed by atoms with Gasteiger partial charge in [0.05, 0.1) is 6.10 Å². The zero-order valence-electron chi connectivity index (χ0n) is 8.87. The number of carbonyl (C=O) groups is 1. The lowest BCUT2D eigenvalue weighted by molar-refractivity contribution is -0.117. The molecule has 1 aliphatic carbocycles. The van der Waals surface area contributed by atoms with Gasteiger partial charge >= 0.3 is 0 Å². The molecule has 3 nitrogen and oxygen atoms in total. The Morgan fingerprint density at radius 1 is 1.53 bits per heavy atom. The van der Waals surface area contributed by atoms with Crippen LogP contribution in [-0.4, -0.2) is 25.2 Å². The second-order valence-corrected chi connectivity index (χ2v) is 3.98. The number of hydrogen-bond acceptors (Lipinski definition) is 2. The molecule has 0 spiro atoms. The van der Waals surface area contributed by atoms with Gasteiger partial charge in [0.15, 0.2) is 0 Å². The van der Waals surface area contributed by atoms with Gasteiger partial charge in [-0.3, -0.25) is 4.79 Å². The van der Waals surface area contributed by atoms with Crippen molar-refractivity contribution >= 4 is 5.91 Å². The molecule has 1 aliphatic heterocycles. The summed E-state index contributed by atoms with van der Waals surface area (Å²) >= 11 is 0. The Bertz CT molecular complexity index is 288. The van der Waals surface area contributed by atoms with E-state index in [1.54, 1.807) is 0 Å². The molecule has 1 fully saturated rings. The molecule has 3 heteroatoms. The molecule has 0 aromatic heterocycles. The van der Waals surface area contributed by atoms with Crippen molar-refractivity contribution in [1.29, 1.82) is 0 Å². The highest BCUT2D eigenvalue weighted by atomic mass is 16.5. The summed E-state index contributed by atoms with van der Waals surface area (Å²) in [5.41, 5.74) is 0.791. The molecule has 0 aromatic carbocycles. The number of amides is 1. The fraction of sp³-hybridized carbons (Fsp3) is 0.583.